The van der Waals surface area contributed by atoms with Crippen LogP contribution in [0.1, 0.15) is 49.7 Å². The summed E-state index contributed by atoms with van der Waals surface area (Å²) < 4.78 is 5.30. The highest BCUT2D eigenvalue weighted by Gasteiger charge is 2.49. The number of benzene rings is 1. The highest BCUT2D eigenvalue weighted by atomic mass is 16.7. The second-order valence-corrected chi connectivity index (χ2v) is 8.17. The number of H-pyrrole nitrogens is 1. The van der Waals surface area contributed by atoms with Crippen molar-refractivity contribution in [3.63, 3.8) is 0 Å². The fourth-order valence-corrected chi connectivity index (χ4v) is 3.65. The second kappa shape index (κ2) is 7.40. The maximum atomic E-state index is 13.0. The minimum absolute atomic E-state index is 0.229. The molecule has 1 saturated heterocycles. The maximum absolute atomic E-state index is 13.0. The van der Waals surface area contributed by atoms with E-state index in [4.69, 9.17) is 9.57 Å². The average Bonchev–Trinajstić information content (AvgIpc) is 3.25. The lowest BCUT2D eigenvalue weighted by atomic mass is 9.98. The Balaban J connectivity index is 1.47. The minimum Gasteiger partial charge on any atom is -0.444 e. The summed E-state index contributed by atoms with van der Waals surface area (Å²) in [5, 5.41) is 11.3. The summed E-state index contributed by atoms with van der Waals surface area (Å²) >= 11 is 0. The van der Waals surface area contributed by atoms with Crippen molar-refractivity contribution in [2.45, 2.75) is 45.1 Å². The highest BCUT2D eigenvalue weighted by molar-refractivity contribution is 5.78. The van der Waals surface area contributed by atoms with Crippen LogP contribution in [0.2, 0.25) is 0 Å². The monoisotopic (exact) mass is 399 g/mol. The van der Waals surface area contributed by atoms with E-state index in [9.17, 15) is 9.59 Å². The van der Waals surface area contributed by atoms with Gasteiger partial charge in [-0.2, -0.15) is 10.2 Å². The van der Waals surface area contributed by atoms with E-state index >= 15 is 0 Å². The molecule has 3 heterocycles. The number of amides is 3. The summed E-state index contributed by atoms with van der Waals surface area (Å²) in [4.78, 5) is 32.6. The van der Waals surface area contributed by atoms with Gasteiger partial charge >= 0.3 is 12.1 Å². The van der Waals surface area contributed by atoms with Crippen molar-refractivity contribution < 1.29 is 19.2 Å². The molecule has 9 heteroatoms. The molecule has 0 aliphatic carbocycles. The van der Waals surface area contributed by atoms with Gasteiger partial charge in [-0.1, -0.05) is 30.3 Å². The number of aromatic amines is 1. The average molecular weight is 399 g/mol. The van der Waals surface area contributed by atoms with Crippen LogP contribution in [-0.4, -0.2) is 51.0 Å². The van der Waals surface area contributed by atoms with Gasteiger partial charge in [0.25, 0.3) is 0 Å². The van der Waals surface area contributed by atoms with Gasteiger partial charge in [-0.15, -0.1) is 0 Å². The summed E-state index contributed by atoms with van der Waals surface area (Å²) in [6, 6.07) is 8.85. The van der Waals surface area contributed by atoms with Crippen molar-refractivity contribution in [3.8, 4) is 0 Å². The topological polar surface area (TPSA) is 99.8 Å². The van der Waals surface area contributed by atoms with Crippen LogP contribution in [-0.2, 0) is 16.2 Å². The molecule has 1 aromatic heterocycles. The van der Waals surface area contributed by atoms with Gasteiger partial charge in [-0.05, 0) is 26.3 Å². The number of nitrogens with one attached hydrogen (secondary N) is 2. The number of ether oxygens (including phenoxy) is 1. The van der Waals surface area contributed by atoms with Crippen LogP contribution in [0.25, 0.3) is 0 Å². The molecule has 9 nitrogen and oxygen atoms in total. The van der Waals surface area contributed by atoms with E-state index in [1.807, 2.05) is 30.3 Å². The van der Waals surface area contributed by atoms with Gasteiger partial charge < -0.3 is 15.0 Å². The molecule has 2 N–H and O–H groups in total. The first-order valence-electron chi connectivity index (χ1n) is 9.60. The number of carbonyl (C=O) groups excluding carboxylic acids is 2. The normalized spacial score (nSPS) is 20.6. The third kappa shape index (κ3) is 3.91. The molecule has 2 aliphatic heterocycles. The number of hydroxylamine groups is 2. The number of rotatable bonds is 5. The number of hydrogen-bond donors (Lipinski definition) is 2. The summed E-state index contributed by atoms with van der Waals surface area (Å²) in [5.41, 5.74) is 2.09. The standard InChI is InChI=1S/C20H25N5O4/c1-20(2,3)29-18(26)21-10-15-14-9-22-23-17(14)16-11-24(15)19(27)25(16)28-12-13-7-5-4-6-8-13/h4-9,15-16H,10-12H2,1-3H3,(H,21,26)(H,22,23)/t15-,16+/m0/s1. The van der Waals surface area contributed by atoms with Crippen molar-refractivity contribution in [2.24, 2.45) is 0 Å². The van der Waals surface area contributed by atoms with E-state index in [0.717, 1.165) is 16.8 Å². The predicted molar refractivity (Wildman–Crippen MR) is 103 cm³/mol. The number of carbonyl (C=O) groups is 2. The van der Waals surface area contributed by atoms with Crippen molar-refractivity contribution in [2.75, 3.05) is 13.1 Å². The minimum atomic E-state index is -0.589. The molecule has 29 heavy (non-hydrogen) atoms. The number of nitrogens with zero attached hydrogens (tertiary/aromatic N) is 3. The van der Waals surface area contributed by atoms with Crippen molar-refractivity contribution in [3.05, 3.63) is 53.3 Å². The van der Waals surface area contributed by atoms with Gasteiger partial charge in [0.05, 0.1) is 24.5 Å². The fourth-order valence-electron chi connectivity index (χ4n) is 3.65. The molecule has 0 radical (unpaired) electrons. The first-order valence-corrected chi connectivity index (χ1v) is 9.60. The third-order valence-electron chi connectivity index (χ3n) is 4.91. The Morgan fingerprint density at radius 3 is 2.79 bits per heavy atom. The summed E-state index contributed by atoms with van der Waals surface area (Å²) in [6.07, 6.45) is 1.18. The van der Waals surface area contributed by atoms with Gasteiger partial charge in [-0.3, -0.25) is 9.94 Å². The first kappa shape index (κ1) is 19.3. The van der Waals surface area contributed by atoms with E-state index < -0.39 is 11.7 Å². The summed E-state index contributed by atoms with van der Waals surface area (Å²) in [6.45, 7) is 6.39. The zero-order chi connectivity index (χ0) is 20.6. The van der Waals surface area contributed by atoms with Gasteiger partial charge in [0.2, 0.25) is 0 Å². The Kier molecular flexibility index (Phi) is 4.91. The van der Waals surface area contributed by atoms with Crippen LogP contribution in [0.15, 0.2) is 36.5 Å². The molecule has 2 bridgehead atoms. The Hall–Kier alpha value is -3.07. The van der Waals surface area contributed by atoms with Gasteiger partial charge in [-0.25, -0.2) is 9.59 Å². The number of aromatic nitrogens is 2. The van der Waals surface area contributed by atoms with E-state index in [2.05, 4.69) is 15.5 Å². The Labute approximate surface area is 168 Å². The quantitative estimate of drug-likeness (QED) is 0.805. The van der Waals surface area contributed by atoms with Crippen molar-refractivity contribution in [1.29, 1.82) is 0 Å². The van der Waals surface area contributed by atoms with Crippen LogP contribution in [0, 0.1) is 0 Å². The van der Waals surface area contributed by atoms with Crippen LogP contribution < -0.4 is 5.32 Å². The molecule has 1 fully saturated rings. The van der Waals surface area contributed by atoms with E-state index in [1.165, 1.54) is 5.06 Å². The lowest BCUT2D eigenvalue weighted by Gasteiger charge is -2.30. The fraction of sp³-hybridized carbons (Fsp3) is 0.450. The highest BCUT2D eigenvalue weighted by Crippen LogP contribution is 2.42. The molecule has 3 amide bonds. The number of alkyl carbamates (subject to hydrolysis) is 1. The molecule has 4 rings (SSSR count). The molecule has 154 valence electrons. The van der Waals surface area contributed by atoms with Gasteiger partial charge in [0.15, 0.2) is 0 Å². The lowest BCUT2D eigenvalue weighted by Crippen LogP contribution is -2.42. The SMILES string of the molecule is CC(C)(C)OC(=O)NC[C@H]1c2cn[nH]c2[C@H]2CN1C(=O)N2OCc1ccccc1. The smallest absolute Gasteiger partial charge is 0.407 e. The predicted octanol–water partition coefficient (Wildman–Crippen LogP) is 2.90. The molecule has 2 atom stereocenters. The van der Waals surface area contributed by atoms with E-state index in [0.29, 0.717) is 13.2 Å². The number of fused-ring (bicyclic) bond motifs is 4. The molecular formula is C20H25N5O4. The lowest BCUT2D eigenvalue weighted by molar-refractivity contribution is -0.142. The third-order valence-corrected chi connectivity index (χ3v) is 4.91. The maximum Gasteiger partial charge on any atom is 0.407 e. The van der Waals surface area contributed by atoms with Crippen LogP contribution >= 0.6 is 0 Å². The van der Waals surface area contributed by atoms with E-state index in [-0.39, 0.29) is 24.7 Å². The van der Waals surface area contributed by atoms with Crippen molar-refractivity contribution >= 4 is 12.1 Å². The zero-order valence-electron chi connectivity index (χ0n) is 16.7. The number of hydrogen-bond acceptors (Lipinski definition) is 5. The molecular weight excluding hydrogens is 374 g/mol. The Morgan fingerprint density at radius 1 is 1.31 bits per heavy atom. The molecule has 2 aromatic rings. The molecule has 0 unspecified atom stereocenters. The molecule has 0 saturated carbocycles. The molecule has 0 spiro atoms. The Bertz CT molecular complexity index is 892. The zero-order valence-corrected chi connectivity index (χ0v) is 16.7. The van der Waals surface area contributed by atoms with E-state index in [1.54, 1.807) is 31.9 Å². The van der Waals surface area contributed by atoms with Crippen LogP contribution in [0.3, 0.4) is 0 Å². The number of urea groups is 1. The largest absolute Gasteiger partial charge is 0.444 e. The molecule has 2 aliphatic rings. The van der Waals surface area contributed by atoms with Gasteiger partial charge in [0.1, 0.15) is 18.2 Å². The van der Waals surface area contributed by atoms with Gasteiger partial charge in [0, 0.05) is 12.1 Å². The summed E-state index contributed by atoms with van der Waals surface area (Å²) in [7, 11) is 0. The second-order valence-electron chi connectivity index (χ2n) is 8.17. The molecule has 1 aromatic carbocycles. The summed E-state index contributed by atoms with van der Waals surface area (Å²) in [5.74, 6) is 0. The van der Waals surface area contributed by atoms with Crippen LogP contribution in [0.5, 0.6) is 0 Å². The first-order chi connectivity index (χ1) is 13.8. The Morgan fingerprint density at radius 2 is 2.07 bits per heavy atom. The van der Waals surface area contributed by atoms with Crippen LogP contribution in [0.4, 0.5) is 9.59 Å². The van der Waals surface area contributed by atoms with Crippen molar-refractivity contribution in [1.82, 2.24) is 25.5 Å².